The predicted octanol–water partition coefficient (Wildman–Crippen LogP) is 4.77. The van der Waals surface area contributed by atoms with Crippen molar-refractivity contribution in [3.63, 3.8) is 0 Å². The molecule has 2 aromatic heterocycles. The van der Waals surface area contributed by atoms with E-state index in [2.05, 4.69) is 20.3 Å². The first kappa shape index (κ1) is 20.3. The lowest BCUT2D eigenvalue weighted by Crippen LogP contribution is -2.27. The third-order valence-electron chi connectivity index (χ3n) is 3.74. The smallest absolute Gasteiger partial charge is 0.412 e. The Labute approximate surface area is 170 Å². The number of amides is 1. The highest BCUT2D eigenvalue weighted by molar-refractivity contribution is 5.86. The number of hydrogen-bond donors (Lipinski definition) is 1. The van der Waals surface area contributed by atoms with Gasteiger partial charge in [0.25, 0.3) is 0 Å². The monoisotopic (exact) mass is 392 g/mol. The summed E-state index contributed by atoms with van der Waals surface area (Å²) in [5.41, 5.74) is 2.45. The molecule has 3 rings (SSSR count). The van der Waals surface area contributed by atoms with Gasteiger partial charge in [-0.15, -0.1) is 0 Å². The second-order valence-electron chi connectivity index (χ2n) is 7.56. The van der Waals surface area contributed by atoms with Gasteiger partial charge in [0.2, 0.25) is 5.88 Å². The van der Waals surface area contributed by atoms with Crippen molar-refractivity contribution in [2.75, 3.05) is 5.32 Å². The molecular formula is C22H24N4O3. The van der Waals surface area contributed by atoms with E-state index in [1.165, 1.54) is 6.20 Å². The Bertz CT molecular complexity index is 985. The number of benzene rings is 1. The fraction of sp³-hybridized carbons (Fsp3) is 0.273. The van der Waals surface area contributed by atoms with Gasteiger partial charge in [-0.05, 0) is 44.9 Å². The average molecular weight is 392 g/mol. The normalized spacial score (nSPS) is 11.0. The molecule has 0 aliphatic carbocycles. The zero-order valence-electron chi connectivity index (χ0n) is 17.0. The third kappa shape index (κ3) is 6.00. The van der Waals surface area contributed by atoms with Crippen LogP contribution in [0, 0.1) is 6.92 Å². The standard InChI is InChI=1S/C22H24N4O3/c1-15-10-17(12-23-11-15)19-24-13-18(25-21(27)29-22(2,3)4)20(26-19)28-14-16-8-6-5-7-9-16/h5-13H,14H2,1-4H3,(H,25,27). The molecule has 0 unspecified atom stereocenters. The van der Waals surface area contributed by atoms with Gasteiger partial charge >= 0.3 is 6.09 Å². The Morgan fingerprint density at radius 1 is 1.10 bits per heavy atom. The molecular weight excluding hydrogens is 368 g/mol. The van der Waals surface area contributed by atoms with E-state index < -0.39 is 11.7 Å². The molecule has 0 bridgehead atoms. The first-order valence-corrected chi connectivity index (χ1v) is 9.26. The second kappa shape index (κ2) is 8.68. The van der Waals surface area contributed by atoms with Crippen LogP contribution >= 0.6 is 0 Å². The van der Waals surface area contributed by atoms with E-state index in [4.69, 9.17) is 9.47 Å². The van der Waals surface area contributed by atoms with Crippen LogP contribution in [0.25, 0.3) is 11.4 Å². The van der Waals surface area contributed by atoms with E-state index in [1.807, 2.05) is 43.3 Å². The molecule has 0 fully saturated rings. The fourth-order valence-corrected chi connectivity index (χ4v) is 2.52. The van der Waals surface area contributed by atoms with Crippen LogP contribution in [0.3, 0.4) is 0 Å². The Hall–Kier alpha value is -3.48. The van der Waals surface area contributed by atoms with Crippen molar-refractivity contribution >= 4 is 11.8 Å². The van der Waals surface area contributed by atoms with E-state index in [-0.39, 0.29) is 5.88 Å². The number of nitrogens with zero attached hydrogens (tertiary/aromatic N) is 3. The number of aryl methyl sites for hydroxylation is 1. The number of pyridine rings is 1. The summed E-state index contributed by atoms with van der Waals surface area (Å²) < 4.78 is 11.2. The first-order chi connectivity index (χ1) is 13.8. The van der Waals surface area contributed by atoms with Gasteiger partial charge in [-0.3, -0.25) is 10.3 Å². The number of carbonyl (C=O) groups is 1. The number of rotatable bonds is 5. The average Bonchev–Trinajstić information content (AvgIpc) is 2.66. The summed E-state index contributed by atoms with van der Waals surface area (Å²) in [4.78, 5) is 25.2. The van der Waals surface area contributed by atoms with Crippen LogP contribution < -0.4 is 10.1 Å². The van der Waals surface area contributed by atoms with E-state index in [0.29, 0.717) is 18.1 Å². The van der Waals surface area contributed by atoms with Gasteiger partial charge in [-0.1, -0.05) is 30.3 Å². The Morgan fingerprint density at radius 3 is 2.55 bits per heavy atom. The van der Waals surface area contributed by atoms with Gasteiger partial charge in [0.05, 0.1) is 6.20 Å². The molecule has 1 amide bonds. The van der Waals surface area contributed by atoms with Gasteiger partial charge < -0.3 is 9.47 Å². The van der Waals surface area contributed by atoms with E-state index in [9.17, 15) is 4.79 Å². The molecule has 1 aromatic carbocycles. The van der Waals surface area contributed by atoms with Crippen LogP contribution in [-0.2, 0) is 11.3 Å². The van der Waals surface area contributed by atoms with Crippen molar-refractivity contribution in [3.05, 3.63) is 66.1 Å². The Balaban J connectivity index is 1.88. The molecule has 0 aliphatic rings. The van der Waals surface area contributed by atoms with Gasteiger partial charge in [0.15, 0.2) is 5.82 Å². The molecule has 0 radical (unpaired) electrons. The first-order valence-electron chi connectivity index (χ1n) is 9.26. The highest BCUT2D eigenvalue weighted by Gasteiger charge is 2.19. The molecule has 7 nitrogen and oxygen atoms in total. The Kier molecular flexibility index (Phi) is 6.07. The van der Waals surface area contributed by atoms with Gasteiger partial charge in [-0.25, -0.2) is 9.78 Å². The summed E-state index contributed by atoms with van der Waals surface area (Å²) in [6, 6.07) is 11.6. The highest BCUT2D eigenvalue weighted by Crippen LogP contribution is 2.26. The number of aromatic nitrogens is 3. The number of carbonyl (C=O) groups excluding carboxylic acids is 1. The minimum Gasteiger partial charge on any atom is -0.471 e. The minimum atomic E-state index is -0.622. The molecule has 150 valence electrons. The highest BCUT2D eigenvalue weighted by atomic mass is 16.6. The Morgan fingerprint density at radius 2 is 1.86 bits per heavy atom. The van der Waals surface area contributed by atoms with Gasteiger partial charge in [0.1, 0.15) is 17.9 Å². The SMILES string of the molecule is Cc1cncc(-c2ncc(NC(=O)OC(C)(C)C)c(OCc3ccccc3)n2)c1. The van der Waals surface area contributed by atoms with Crippen LogP contribution in [0.2, 0.25) is 0 Å². The maximum Gasteiger partial charge on any atom is 0.412 e. The van der Waals surface area contributed by atoms with E-state index in [0.717, 1.165) is 16.7 Å². The van der Waals surface area contributed by atoms with Crippen LogP contribution in [0.1, 0.15) is 31.9 Å². The molecule has 0 saturated heterocycles. The van der Waals surface area contributed by atoms with Gasteiger partial charge in [0, 0.05) is 18.0 Å². The minimum absolute atomic E-state index is 0.256. The number of anilines is 1. The second-order valence-corrected chi connectivity index (χ2v) is 7.56. The lowest BCUT2D eigenvalue weighted by Gasteiger charge is -2.20. The van der Waals surface area contributed by atoms with Crippen molar-refractivity contribution in [3.8, 4) is 17.3 Å². The zero-order chi connectivity index (χ0) is 20.9. The largest absolute Gasteiger partial charge is 0.471 e. The summed E-state index contributed by atoms with van der Waals surface area (Å²) in [6.07, 6.45) is 4.35. The summed E-state index contributed by atoms with van der Waals surface area (Å²) in [5.74, 6) is 0.713. The third-order valence-corrected chi connectivity index (χ3v) is 3.74. The molecule has 7 heteroatoms. The van der Waals surface area contributed by atoms with E-state index >= 15 is 0 Å². The molecule has 0 saturated carbocycles. The predicted molar refractivity (Wildman–Crippen MR) is 111 cm³/mol. The maximum absolute atomic E-state index is 12.2. The lowest BCUT2D eigenvalue weighted by atomic mass is 10.2. The number of hydrogen-bond acceptors (Lipinski definition) is 6. The van der Waals surface area contributed by atoms with Crippen molar-refractivity contribution in [1.29, 1.82) is 0 Å². The lowest BCUT2D eigenvalue weighted by molar-refractivity contribution is 0.0635. The summed E-state index contributed by atoms with van der Waals surface area (Å²) in [7, 11) is 0. The van der Waals surface area contributed by atoms with Crippen molar-refractivity contribution in [2.24, 2.45) is 0 Å². The van der Waals surface area contributed by atoms with Crippen LogP contribution in [-0.4, -0.2) is 26.6 Å². The van der Waals surface area contributed by atoms with Crippen LogP contribution in [0.4, 0.5) is 10.5 Å². The number of nitrogens with one attached hydrogen (secondary N) is 1. The number of ether oxygens (including phenoxy) is 2. The van der Waals surface area contributed by atoms with Crippen molar-refractivity contribution in [1.82, 2.24) is 15.0 Å². The van der Waals surface area contributed by atoms with Crippen LogP contribution in [0.15, 0.2) is 55.0 Å². The molecule has 0 spiro atoms. The van der Waals surface area contributed by atoms with E-state index in [1.54, 1.807) is 33.2 Å². The quantitative estimate of drug-likeness (QED) is 0.673. The van der Waals surface area contributed by atoms with Gasteiger partial charge in [-0.2, -0.15) is 4.98 Å². The zero-order valence-corrected chi connectivity index (χ0v) is 17.0. The van der Waals surface area contributed by atoms with Crippen molar-refractivity contribution in [2.45, 2.75) is 39.9 Å². The summed E-state index contributed by atoms with van der Waals surface area (Å²) in [6.45, 7) is 7.63. The summed E-state index contributed by atoms with van der Waals surface area (Å²) >= 11 is 0. The molecule has 2 heterocycles. The van der Waals surface area contributed by atoms with Crippen LogP contribution in [0.5, 0.6) is 5.88 Å². The molecule has 29 heavy (non-hydrogen) atoms. The molecule has 0 aliphatic heterocycles. The topological polar surface area (TPSA) is 86.2 Å². The molecule has 0 atom stereocenters. The summed E-state index contributed by atoms with van der Waals surface area (Å²) in [5, 5.41) is 2.67. The van der Waals surface area contributed by atoms with Crippen molar-refractivity contribution < 1.29 is 14.3 Å². The maximum atomic E-state index is 12.2. The fourth-order valence-electron chi connectivity index (χ4n) is 2.52. The molecule has 1 N–H and O–H groups in total. The molecule has 3 aromatic rings.